The van der Waals surface area contributed by atoms with Crippen LogP contribution in [0.5, 0.6) is 11.5 Å². The fraction of sp³-hybridized carbons (Fsp3) is 0.375. The Morgan fingerprint density at radius 2 is 2.18 bits per heavy atom. The summed E-state index contributed by atoms with van der Waals surface area (Å²) in [6.45, 7) is 2.39. The van der Waals surface area contributed by atoms with Crippen molar-refractivity contribution in [3.63, 3.8) is 0 Å². The van der Waals surface area contributed by atoms with Crippen LogP contribution in [0.1, 0.15) is 35.2 Å². The lowest BCUT2D eigenvalue weighted by Gasteiger charge is -2.16. The van der Waals surface area contributed by atoms with Crippen LogP contribution in [-0.2, 0) is 12.8 Å². The molecule has 1 amide bonds. The highest BCUT2D eigenvalue weighted by atomic mass is 16.7. The molecular formula is C16H16N2O4. The van der Waals surface area contributed by atoms with Crippen molar-refractivity contribution in [2.75, 3.05) is 12.1 Å². The molecule has 1 unspecified atom stereocenters. The standard InChI is InChI=1S/C16H16N2O4/c1-9-2-4-12-11(6-9)15(18-22-12)16(19)17-10-3-5-13-14(7-10)21-8-20-13/h3,5,7,9H,2,4,6,8H2,1H3,(H,17,19). The van der Waals surface area contributed by atoms with Crippen LogP contribution in [0.15, 0.2) is 22.7 Å². The molecule has 0 bridgehead atoms. The highest BCUT2D eigenvalue weighted by molar-refractivity contribution is 6.04. The van der Waals surface area contributed by atoms with Gasteiger partial charge in [0.2, 0.25) is 6.79 Å². The summed E-state index contributed by atoms with van der Waals surface area (Å²) in [6, 6.07) is 5.30. The maximum atomic E-state index is 12.4. The number of rotatable bonds is 2. The number of benzene rings is 1. The SMILES string of the molecule is CC1CCc2onc(C(=O)Nc3ccc4c(c3)OCO4)c2C1. The second-order valence-corrected chi connectivity index (χ2v) is 5.80. The molecule has 22 heavy (non-hydrogen) atoms. The number of hydrogen-bond acceptors (Lipinski definition) is 5. The molecule has 1 N–H and O–H groups in total. The molecule has 4 rings (SSSR count). The molecule has 0 saturated carbocycles. The van der Waals surface area contributed by atoms with Gasteiger partial charge in [0, 0.05) is 23.7 Å². The summed E-state index contributed by atoms with van der Waals surface area (Å²) in [5.41, 5.74) is 1.98. The Bertz CT molecular complexity index is 738. The molecule has 114 valence electrons. The third kappa shape index (κ3) is 2.20. The minimum Gasteiger partial charge on any atom is -0.454 e. The Hall–Kier alpha value is -2.50. The van der Waals surface area contributed by atoms with Crippen molar-refractivity contribution in [3.05, 3.63) is 35.2 Å². The molecule has 6 heteroatoms. The van der Waals surface area contributed by atoms with Gasteiger partial charge >= 0.3 is 0 Å². The molecular weight excluding hydrogens is 284 g/mol. The zero-order chi connectivity index (χ0) is 15.1. The maximum Gasteiger partial charge on any atom is 0.278 e. The van der Waals surface area contributed by atoms with E-state index in [2.05, 4.69) is 17.4 Å². The molecule has 1 aliphatic heterocycles. The normalized spacial score (nSPS) is 18.9. The number of anilines is 1. The van der Waals surface area contributed by atoms with E-state index in [1.807, 2.05) is 0 Å². The number of nitrogens with zero attached hydrogens (tertiary/aromatic N) is 1. The number of hydrogen-bond donors (Lipinski definition) is 1. The molecule has 0 fully saturated rings. The van der Waals surface area contributed by atoms with E-state index in [0.29, 0.717) is 28.8 Å². The zero-order valence-electron chi connectivity index (χ0n) is 12.2. The van der Waals surface area contributed by atoms with Crippen molar-refractivity contribution in [3.8, 4) is 11.5 Å². The maximum absolute atomic E-state index is 12.4. The largest absolute Gasteiger partial charge is 0.454 e. The Kier molecular flexibility index (Phi) is 3.03. The second kappa shape index (κ2) is 5.05. The van der Waals surface area contributed by atoms with Crippen LogP contribution < -0.4 is 14.8 Å². The average molecular weight is 300 g/mol. The number of carbonyl (C=O) groups is 1. The lowest BCUT2D eigenvalue weighted by molar-refractivity contribution is 0.101. The van der Waals surface area contributed by atoms with Crippen molar-refractivity contribution >= 4 is 11.6 Å². The zero-order valence-corrected chi connectivity index (χ0v) is 12.2. The van der Waals surface area contributed by atoms with Gasteiger partial charge in [-0.3, -0.25) is 4.79 Å². The highest BCUT2D eigenvalue weighted by Gasteiger charge is 2.27. The van der Waals surface area contributed by atoms with Crippen molar-refractivity contribution in [1.82, 2.24) is 5.16 Å². The van der Waals surface area contributed by atoms with Gasteiger partial charge in [-0.15, -0.1) is 0 Å². The van der Waals surface area contributed by atoms with Crippen molar-refractivity contribution in [2.24, 2.45) is 5.92 Å². The first-order chi connectivity index (χ1) is 10.7. The van der Waals surface area contributed by atoms with Gasteiger partial charge in [0.15, 0.2) is 17.2 Å². The number of ether oxygens (including phenoxy) is 2. The fourth-order valence-corrected chi connectivity index (χ4v) is 2.92. The summed E-state index contributed by atoms with van der Waals surface area (Å²) in [6.07, 6.45) is 2.76. The third-order valence-corrected chi connectivity index (χ3v) is 4.13. The summed E-state index contributed by atoms with van der Waals surface area (Å²) in [5.74, 6) is 2.45. The summed E-state index contributed by atoms with van der Waals surface area (Å²) < 4.78 is 15.9. The number of amides is 1. The van der Waals surface area contributed by atoms with Crippen LogP contribution in [-0.4, -0.2) is 17.9 Å². The van der Waals surface area contributed by atoms with Crippen LogP contribution >= 0.6 is 0 Å². The molecule has 6 nitrogen and oxygen atoms in total. The van der Waals surface area contributed by atoms with E-state index in [4.69, 9.17) is 14.0 Å². The molecule has 1 atom stereocenters. The van der Waals surface area contributed by atoms with E-state index >= 15 is 0 Å². The van der Waals surface area contributed by atoms with Gasteiger partial charge < -0.3 is 19.3 Å². The number of aromatic nitrogens is 1. The molecule has 2 aromatic rings. The molecule has 2 heterocycles. The molecule has 2 aliphatic rings. The van der Waals surface area contributed by atoms with Gasteiger partial charge in [0.25, 0.3) is 5.91 Å². The quantitative estimate of drug-likeness (QED) is 0.923. The average Bonchev–Trinajstić information content (AvgIpc) is 3.12. The van der Waals surface area contributed by atoms with Crippen LogP contribution in [0.25, 0.3) is 0 Å². The minimum atomic E-state index is -0.252. The summed E-state index contributed by atoms with van der Waals surface area (Å²) >= 11 is 0. The van der Waals surface area contributed by atoms with Gasteiger partial charge in [-0.2, -0.15) is 0 Å². The molecule has 1 aliphatic carbocycles. The van der Waals surface area contributed by atoms with Crippen molar-refractivity contribution < 1.29 is 18.8 Å². The number of nitrogens with one attached hydrogen (secondary N) is 1. The van der Waals surface area contributed by atoms with Crippen LogP contribution in [0.2, 0.25) is 0 Å². The summed E-state index contributed by atoms with van der Waals surface area (Å²) in [4.78, 5) is 12.4. The monoisotopic (exact) mass is 300 g/mol. The Morgan fingerprint density at radius 3 is 3.09 bits per heavy atom. The van der Waals surface area contributed by atoms with Gasteiger partial charge in [-0.25, -0.2) is 0 Å². The first-order valence-electron chi connectivity index (χ1n) is 7.39. The number of carbonyl (C=O) groups excluding carboxylic acids is 1. The predicted octanol–water partition coefficient (Wildman–Crippen LogP) is 2.78. The number of fused-ring (bicyclic) bond motifs is 2. The molecule has 0 spiro atoms. The van der Waals surface area contributed by atoms with Crippen molar-refractivity contribution in [2.45, 2.75) is 26.2 Å². The summed E-state index contributed by atoms with van der Waals surface area (Å²) in [5, 5.41) is 6.80. The van der Waals surface area contributed by atoms with E-state index in [-0.39, 0.29) is 12.7 Å². The van der Waals surface area contributed by atoms with Gasteiger partial charge in [0.05, 0.1) is 0 Å². The lowest BCUT2D eigenvalue weighted by Crippen LogP contribution is -2.17. The molecule has 0 radical (unpaired) electrons. The third-order valence-electron chi connectivity index (χ3n) is 4.13. The van der Waals surface area contributed by atoms with Gasteiger partial charge in [-0.1, -0.05) is 12.1 Å². The molecule has 1 aromatic carbocycles. The van der Waals surface area contributed by atoms with E-state index in [0.717, 1.165) is 30.6 Å². The lowest BCUT2D eigenvalue weighted by atomic mass is 9.88. The Balaban J connectivity index is 1.57. The second-order valence-electron chi connectivity index (χ2n) is 5.80. The minimum absolute atomic E-state index is 0.210. The van der Waals surface area contributed by atoms with Crippen LogP contribution in [0.4, 0.5) is 5.69 Å². The van der Waals surface area contributed by atoms with Crippen LogP contribution in [0, 0.1) is 5.92 Å². The van der Waals surface area contributed by atoms with E-state index in [1.165, 1.54) is 0 Å². The Morgan fingerprint density at radius 1 is 1.32 bits per heavy atom. The topological polar surface area (TPSA) is 73.6 Å². The predicted molar refractivity (Wildman–Crippen MR) is 78.2 cm³/mol. The number of aryl methyl sites for hydroxylation is 1. The fourth-order valence-electron chi connectivity index (χ4n) is 2.92. The highest BCUT2D eigenvalue weighted by Crippen LogP contribution is 2.34. The molecule has 1 aromatic heterocycles. The van der Waals surface area contributed by atoms with E-state index in [9.17, 15) is 4.79 Å². The van der Waals surface area contributed by atoms with Gasteiger partial charge in [0.1, 0.15) is 5.76 Å². The van der Waals surface area contributed by atoms with Gasteiger partial charge in [-0.05, 0) is 30.9 Å². The summed E-state index contributed by atoms with van der Waals surface area (Å²) in [7, 11) is 0. The first kappa shape index (κ1) is 13.2. The Labute approximate surface area is 127 Å². The molecule has 0 saturated heterocycles. The van der Waals surface area contributed by atoms with E-state index in [1.54, 1.807) is 18.2 Å². The first-order valence-corrected chi connectivity index (χ1v) is 7.39. The van der Waals surface area contributed by atoms with Crippen LogP contribution in [0.3, 0.4) is 0 Å². The van der Waals surface area contributed by atoms with Crippen molar-refractivity contribution in [1.29, 1.82) is 0 Å². The van der Waals surface area contributed by atoms with E-state index < -0.39 is 0 Å². The smallest absolute Gasteiger partial charge is 0.278 e.